The number of nitrogens with zero attached hydrogens (tertiary/aromatic N) is 5. The van der Waals surface area contributed by atoms with Crippen LogP contribution in [-0.4, -0.2) is 64.5 Å². The molecule has 3 aromatic rings. The van der Waals surface area contributed by atoms with Crippen molar-refractivity contribution in [2.75, 3.05) is 37.0 Å². The number of carbonyl (C=O) groups excluding carboxylic acids is 1. The van der Waals surface area contributed by atoms with Gasteiger partial charge in [-0.2, -0.15) is 0 Å². The standard InChI is InChI=1S/C25H31N7O4S/c1-5-25(21(33)34)7-9-32(10-8-25)22-27-13-17(14-28-22)16-11-18(15(3)31-36-4)20-19(12-16)29-24(37-20)30-23(35)26-6-2/h11-14H,5-10H2,1-4H3,(H,33,34)(H2,26,29,30,35)/b31-15-. The quantitative estimate of drug-likeness (QED) is 0.291. The first-order chi connectivity index (χ1) is 17.8. The van der Waals surface area contributed by atoms with E-state index in [2.05, 4.69) is 30.7 Å². The molecule has 2 aromatic heterocycles. The van der Waals surface area contributed by atoms with E-state index >= 15 is 0 Å². The third-order valence-electron chi connectivity index (χ3n) is 6.77. The number of rotatable bonds is 8. The van der Waals surface area contributed by atoms with Gasteiger partial charge < -0.3 is 20.2 Å². The predicted molar refractivity (Wildman–Crippen MR) is 144 cm³/mol. The minimum absolute atomic E-state index is 0.313. The highest BCUT2D eigenvalue weighted by atomic mass is 32.1. The Hall–Kier alpha value is -3.80. The molecule has 0 bridgehead atoms. The predicted octanol–water partition coefficient (Wildman–Crippen LogP) is 4.35. The van der Waals surface area contributed by atoms with Crippen molar-refractivity contribution in [2.24, 2.45) is 10.6 Å². The van der Waals surface area contributed by atoms with E-state index < -0.39 is 11.4 Å². The lowest BCUT2D eigenvalue weighted by atomic mass is 9.76. The van der Waals surface area contributed by atoms with E-state index in [1.165, 1.54) is 18.4 Å². The van der Waals surface area contributed by atoms with Crippen molar-refractivity contribution >= 4 is 50.3 Å². The lowest BCUT2D eigenvalue weighted by Gasteiger charge is -2.38. The van der Waals surface area contributed by atoms with Crippen molar-refractivity contribution in [1.82, 2.24) is 20.3 Å². The van der Waals surface area contributed by atoms with E-state index in [1.54, 1.807) is 12.4 Å². The zero-order valence-electron chi connectivity index (χ0n) is 21.4. The number of aliphatic carboxylic acids is 1. The van der Waals surface area contributed by atoms with Crippen LogP contribution in [0.3, 0.4) is 0 Å². The highest BCUT2D eigenvalue weighted by Gasteiger charge is 2.40. The highest BCUT2D eigenvalue weighted by Crippen LogP contribution is 2.37. The Kier molecular flexibility index (Phi) is 7.86. The van der Waals surface area contributed by atoms with Gasteiger partial charge in [0, 0.05) is 43.2 Å². The Morgan fingerprint density at radius 3 is 2.49 bits per heavy atom. The summed E-state index contributed by atoms with van der Waals surface area (Å²) < 4.78 is 0.873. The van der Waals surface area contributed by atoms with Gasteiger partial charge in [0.15, 0.2) is 5.13 Å². The largest absolute Gasteiger partial charge is 0.481 e. The second-order valence-corrected chi connectivity index (χ2v) is 9.93. The van der Waals surface area contributed by atoms with Crippen LogP contribution < -0.4 is 15.5 Å². The molecule has 3 N–H and O–H groups in total. The molecule has 12 heteroatoms. The fourth-order valence-corrected chi connectivity index (χ4v) is 5.50. The van der Waals surface area contributed by atoms with Crippen LogP contribution >= 0.6 is 11.3 Å². The summed E-state index contributed by atoms with van der Waals surface area (Å²) in [5.74, 6) is -0.143. The zero-order valence-corrected chi connectivity index (χ0v) is 22.2. The minimum Gasteiger partial charge on any atom is -0.481 e. The fraction of sp³-hybridized carbons (Fsp3) is 0.440. The van der Waals surface area contributed by atoms with Gasteiger partial charge >= 0.3 is 12.0 Å². The molecule has 1 aliphatic rings. The fourth-order valence-electron chi connectivity index (χ4n) is 4.50. The van der Waals surface area contributed by atoms with Gasteiger partial charge in [-0.15, -0.1) is 0 Å². The molecule has 1 saturated heterocycles. The van der Waals surface area contributed by atoms with Crippen LogP contribution in [0.4, 0.5) is 15.9 Å². The number of fused-ring (bicyclic) bond motifs is 1. The summed E-state index contributed by atoms with van der Waals surface area (Å²) >= 11 is 1.36. The van der Waals surface area contributed by atoms with Gasteiger partial charge in [0.2, 0.25) is 5.95 Å². The summed E-state index contributed by atoms with van der Waals surface area (Å²) in [4.78, 5) is 44.6. The van der Waals surface area contributed by atoms with Gasteiger partial charge in [-0.1, -0.05) is 23.4 Å². The third kappa shape index (κ3) is 5.48. The maximum atomic E-state index is 12.0. The van der Waals surface area contributed by atoms with Crippen molar-refractivity contribution < 1.29 is 19.5 Å². The number of hydrogen-bond donors (Lipinski definition) is 3. The van der Waals surface area contributed by atoms with E-state index in [4.69, 9.17) is 4.84 Å². The topological polar surface area (TPSA) is 142 Å². The average Bonchev–Trinajstić information content (AvgIpc) is 3.30. The number of piperidine rings is 1. The Morgan fingerprint density at radius 2 is 1.89 bits per heavy atom. The van der Waals surface area contributed by atoms with Gasteiger partial charge in [-0.3, -0.25) is 10.1 Å². The lowest BCUT2D eigenvalue weighted by Crippen LogP contribution is -2.44. The second-order valence-electron chi connectivity index (χ2n) is 8.93. The molecule has 0 aliphatic carbocycles. The molecule has 0 spiro atoms. The van der Waals surface area contributed by atoms with Crippen LogP contribution in [0.25, 0.3) is 21.3 Å². The van der Waals surface area contributed by atoms with Crippen molar-refractivity contribution in [3.63, 3.8) is 0 Å². The molecular weight excluding hydrogens is 494 g/mol. The Morgan fingerprint density at radius 1 is 1.19 bits per heavy atom. The number of amides is 2. The normalized spacial score (nSPS) is 15.5. The first-order valence-electron chi connectivity index (χ1n) is 12.2. The number of aromatic nitrogens is 3. The minimum atomic E-state index is -0.726. The first kappa shape index (κ1) is 26.3. The molecule has 0 radical (unpaired) electrons. The first-order valence-corrected chi connectivity index (χ1v) is 13.0. The van der Waals surface area contributed by atoms with Crippen molar-refractivity contribution in [2.45, 2.75) is 40.0 Å². The van der Waals surface area contributed by atoms with Gasteiger partial charge in [0.25, 0.3) is 0 Å². The Balaban J connectivity index is 1.62. The van der Waals surface area contributed by atoms with Crippen LogP contribution in [-0.2, 0) is 9.63 Å². The van der Waals surface area contributed by atoms with Crippen LogP contribution in [0, 0.1) is 5.41 Å². The Bertz CT molecular complexity index is 1310. The van der Waals surface area contributed by atoms with Gasteiger partial charge in [0.05, 0.1) is 21.3 Å². The molecule has 4 rings (SSSR count). The van der Waals surface area contributed by atoms with E-state index in [0.29, 0.717) is 61.2 Å². The maximum Gasteiger partial charge on any atom is 0.321 e. The second kappa shape index (κ2) is 11.1. The molecular formula is C25H31N7O4S. The van der Waals surface area contributed by atoms with Crippen molar-refractivity contribution in [3.05, 3.63) is 30.1 Å². The summed E-state index contributed by atoms with van der Waals surface area (Å²) in [7, 11) is 1.49. The van der Waals surface area contributed by atoms with Gasteiger partial charge in [-0.25, -0.2) is 19.7 Å². The van der Waals surface area contributed by atoms with Crippen LogP contribution in [0.2, 0.25) is 0 Å². The molecule has 37 heavy (non-hydrogen) atoms. The molecule has 1 aromatic carbocycles. The van der Waals surface area contributed by atoms with Gasteiger partial charge in [0.1, 0.15) is 7.11 Å². The lowest BCUT2D eigenvalue weighted by molar-refractivity contribution is -0.150. The molecule has 0 saturated carbocycles. The van der Waals surface area contributed by atoms with E-state index in [0.717, 1.165) is 21.4 Å². The van der Waals surface area contributed by atoms with Crippen LogP contribution in [0.15, 0.2) is 29.7 Å². The number of thiazole rings is 1. The average molecular weight is 526 g/mol. The molecule has 3 heterocycles. The number of oxime groups is 1. The summed E-state index contributed by atoms with van der Waals surface area (Å²) in [5.41, 5.74) is 3.20. The van der Waals surface area contributed by atoms with Crippen molar-refractivity contribution in [1.29, 1.82) is 0 Å². The Labute approximate surface area is 219 Å². The number of carboxylic acid groups (broad SMARTS) is 1. The van der Waals surface area contributed by atoms with E-state index in [9.17, 15) is 14.7 Å². The van der Waals surface area contributed by atoms with Gasteiger partial charge in [-0.05, 0) is 50.8 Å². The monoisotopic (exact) mass is 525 g/mol. The third-order valence-corrected chi connectivity index (χ3v) is 7.79. The molecule has 2 amide bonds. The van der Waals surface area contributed by atoms with Crippen LogP contribution in [0.1, 0.15) is 45.6 Å². The number of hydrogen-bond acceptors (Lipinski definition) is 9. The number of urea groups is 1. The number of benzene rings is 1. The molecule has 11 nitrogen and oxygen atoms in total. The number of anilines is 2. The van der Waals surface area contributed by atoms with E-state index in [1.807, 2.05) is 37.8 Å². The number of nitrogens with one attached hydrogen (secondary N) is 2. The molecule has 0 unspecified atom stereocenters. The van der Waals surface area contributed by atoms with E-state index in [-0.39, 0.29) is 6.03 Å². The van der Waals surface area contributed by atoms with Crippen LogP contribution in [0.5, 0.6) is 0 Å². The maximum absolute atomic E-state index is 12.0. The summed E-state index contributed by atoms with van der Waals surface area (Å²) in [6, 6.07) is 3.60. The number of carbonyl (C=O) groups is 2. The SMILES string of the molecule is CCNC(=O)Nc1nc2cc(-c3cnc(N4CCC(CC)(C(=O)O)CC4)nc3)cc(/C(C)=N\OC)c2s1. The molecule has 1 aliphatic heterocycles. The van der Waals surface area contributed by atoms with Crippen molar-refractivity contribution in [3.8, 4) is 11.1 Å². The zero-order chi connectivity index (χ0) is 26.6. The smallest absolute Gasteiger partial charge is 0.321 e. The summed E-state index contributed by atoms with van der Waals surface area (Å²) in [6.07, 6.45) is 5.27. The molecule has 196 valence electrons. The number of carboxylic acids is 1. The molecule has 1 fully saturated rings. The summed E-state index contributed by atoms with van der Waals surface area (Å²) in [5, 5.41) is 19.7. The summed E-state index contributed by atoms with van der Waals surface area (Å²) in [6.45, 7) is 7.34. The highest BCUT2D eigenvalue weighted by molar-refractivity contribution is 7.22. The molecule has 0 atom stereocenters.